The molecular formula is C14H24N2O3. The minimum absolute atomic E-state index is 0.195. The van der Waals surface area contributed by atoms with Crippen LogP contribution in [0.2, 0.25) is 0 Å². The zero-order valence-electron chi connectivity index (χ0n) is 11.7. The molecular weight excluding hydrogens is 244 g/mol. The van der Waals surface area contributed by atoms with E-state index in [0.29, 0.717) is 38.3 Å². The first-order valence-electron chi connectivity index (χ1n) is 7.23. The minimum Gasteiger partial charge on any atom is -0.481 e. The number of carboxylic acid groups (broad SMARTS) is 1. The topological polar surface area (TPSA) is 69.6 Å². The molecule has 0 aromatic carbocycles. The Morgan fingerprint density at radius 2 is 2.05 bits per heavy atom. The molecule has 2 fully saturated rings. The van der Waals surface area contributed by atoms with Gasteiger partial charge < -0.3 is 15.3 Å². The summed E-state index contributed by atoms with van der Waals surface area (Å²) < 4.78 is 0. The summed E-state index contributed by atoms with van der Waals surface area (Å²) >= 11 is 0. The fraction of sp³-hybridized carbons (Fsp3) is 0.857. The van der Waals surface area contributed by atoms with Gasteiger partial charge in [0, 0.05) is 19.5 Å². The van der Waals surface area contributed by atoms with Crippen molar-refractivity contribution >= 4 is 11.9 Å². The van der Waals surface area contributed by atoms with E-state index in [0.717, 1.165) is 25.9 Å². The minimum atomic E-state index is -0.740. The first kappa shape index (κ1) is 14.3. The van der Waals surface area contributed by atoms with Gasteiger partial charge in [-0.25, -0.2) is 0 Å². The predicted octanol–water partition coefficient (Wildman–Crippen LogP) is 1.09. The number of piperidine rings is 2. The van der Waals surface area contributed by atoms with Crippen LogP contribution in [0.1, 0.15) is 39.0 Å². The van der Waals surface area contributed by atoms with Crippen molar-refractivity contribution in [1.29, 1.82) is 0 Å². The fourth-order valence-corrected chi connectivity index (χ4v) is 2.94. The molecule has 1 atom stereocenters. The van der Waals surface area contributed by atoms with Crippen molar-refractivity contribution in [2.45, 2.75) is 39.0 Å². The molecule has 0 aliphatic carbocycles. The third kappa shape index (κ3) is 3.47. The number of hydrogen-bond acceptors (Lipinski definition) is 3. The molecule has 5 nitrogen and oxygen atoms in total. The van der Waals surface area contributed by atoms with Gasteiger partial charge in [0.05, 0.1) is 5.41 Å². The molecule has 1 unspecified atom stereocenters. The number of rotatable bonds is 3. The molecule has 19 heavy (non-hydrogen) atoms. The summed E-state index contributed by atoms with van der Waals surface area (Å²) in [5.74, 6) is -0.0914. The van der Waals surface area contributed by atoms with Crippen LogP contribution in [-0.4, -0.2) is 48.1 Å². The first-order chi connectivity index (χ1) is 9.01. The standard InChI is InChI=1S/C14H24N2O3/c1-14(13(18)19)4-7-16(8-5-14)12(17)9-11-3-2-6-15-10-11/h11,15H,2-10H2,1H3,(H,18,19). The van der Waals surface area contributed by atoms with Gasteiger partial charge in [0.25, 0.3) is 0 Å². The largest absolute Gasteiger partial charge is 0.481 e. The van der Waals surface area contributed by atoms with Gasteiger partial charge in [-0.3, -0.25) is 9.59 Å². The highest BCUT2D eigenvalue weighted by atomic mass is 16.4. The van der Waals surface area contributed by atoms with Gasteiger partial charge in [0.2, 0.25) is 5.91 Å². The Bertz CT molecular complexity index is 343. The second kappa shape index (κ2) is 5.90. The zero-order valence-corrected chi connectivity index (χ0v) is 11.7. The number of carbonyl (C=O) groups excluding carboxylic acids is 1. The van der Waals surface area contributed by atoms with Gasteiger partial charge >= 0.3 is 5.97 Å². The number of amides is 1. The van der Waals surface area contributed by atoms with Crippen molar-refractivity contribution in [3.8, 4) is 0 Å². The Kier molecular flexibility index (Phi) is 4.45. The Morgan fingerprint density at radius 1 is 1.37 bits per heavy atom. The van der Waals surface area contributed by atoms with E-state index >= 15 is 0 Å². The maximum absolute atomic E-state index is 12.2. The van der Waals surface area contributed by atoms with E-state index in [1.54, 1.807) is 6.92 Å². The summed E-state index contributed by atoms with van der Waals surface area (Å²) in [4.78, 5) is 25.2. The van der Waals surface area contributed by atoms with E-state index in [9.17, 15) is 14.7 Å². The average Bonchev–Trinajstić information content (AvgIpc) is 2.40. The van der Waals surface area contributed by atoms with Crippen LogP contribution in [0.15, 0.2) is 0 Å². The maximum atomic E-state index is 12.2. The van der Waals surface area contributed by atoms with Crippen LogP contribution in [0.3, 0.4) is 0 Å². The van der Waals surface area contributed by atoms with E-state index in [1.807, 2.05) is 4.90 Å². The van der Waals surface area contributed by atoms with Gasteiger partial charge in [-0.2, -0.15) is 0 Å². The van der Waals surface area contributed by atoms with Crippen molar-refractivity contribution in [2.24, 2.45) is 11.3 Å². The molecule has 2 rings (SSSR count). The SMILES string of the molecule is CC1(C(=O)O)CCN(C(=O)CC2CCCNC2)CC1. The molecule has 108 valence electrons. The number of likely N-dealkylation sites (tertiary alicyclic amines) is 1. The number of carboxylic acids is 1. The third-order valence-electron chi connectivity index (χ3n) is 4.60. The lowest BCUT2D eigenvalue weighted by Gasteiger charge is -2.37. The summed E-state index contributed by atoms with van der Waals surface area (Å²) in [6, 6.07) is 0. The molecule has 0 saturated carbocycles. The van der Waals surface area contributed by atoms with E-state index in [4.69, 9.17) is 0 Å². The number of carbonyl (C=O) groups is 2. The van der Waals surface area contributed by atoms with Crippen molar-refractivity contribution in [3.05, 3.63) is 0 Å². The van der Waals surface area contributed by atoms with Crippen LogP contribution in [0.4, 0.5) is 0 Å². The molecule has 0 radical (unpaired) electrons. The highest BCUT2D eigenvalue weighted by Gasteiger charge is 2.38. The van der Waals surface area contributed by atoms with Gasteiger partial charge in [0.1, 0.15) is 0 Å². The Balaban J connectivity index is 1.80. The monoisotopic (exact) mass is 268 g/mol. The number of nitrogens with one attached hydrogen (secondary N) is 1. The van der Waals surface area contributed by atoms with Crippen molar-refractivity contribution in [3.63, 3.8) is 0 Å². The maximum Gasteiger partial charge on any atom is 0.309 e. The summed E-state index contributed by atoms with van der Waals surface area (Å²) in [5.41, 5.74) is -0.650. The van der Waals surface area contributed by atoms with Crippen molar-refractivity contribution < 1.29 is 14.7 Å². The number of aliphatic carboxylic acids is 1. The first-order valence-corrected chi connectivity index (χ1v) is 7.23. The summed E-state index contributed by atoms with van der Waals surface area (Å²) in [6.45, 7) is 4.95. The lowest BCUT2D eigenvalue weighted by atomic mass is 9.80. The van der Waals surface area contributed by atoms with Gasteiger partial charge in [-0.15, -0.1) is 0 Å². The molecule has 2 aliphatic rings. The molecule has 0 bridgehead atoms. The van der Waals surface area contributed by atoms with Crippen molar-refractivity contribution in [1.82, 2.24) is 10.2 Å². The average molecular weight is 268 g/mol. The van der Waals surface area contributed by atoms with E-state index < -0.39 is 11.4 Å². The van der Waals surface area contributed by atoms with Crippen LogP contribution in [0.5, 0.6) is 0 Å². The molecule has 0 aromatic heterocycles. The molecule has 0 aromatic rings. The van der Waals surface area contributed by atoms with Crippen LogP contribution in [-0.2, 0) is 9.59 Å². The van der Waals surface area contributed by atoms with E-state index in [-0.39, 0.29) is 5.91 Å². The van der Waals surface area contributed by atoms with Crippen molar-refractivity contribution in [2.75, 3.05) is 26.2 Å². The molecule has 2 heterocycles. The fourth-order valence-electron chi connectivity index (χ4n) is 2.94. The second-order valence-corrected chi connectivity index (χ2v) is 6.16. The van der Waals surface area contributed by atoms with E-state index in [2.05, 4.69) is 5.32 Å². The number of nitrogens with zero attached hydrogens (tertiary/aromatic N) is 1. The normalized spacial score (nSPS) is 27.0. The van der Waals surface area contributed by atoms with Crippen LogP contribution in [0.25, 0.3) is 0 Å². The third-order valence-corrected chi connectivity index (χ3v) is 4.60. The quantitative estimate of drug-likeness (QED) is 0.804. The Morgan fingerprint density at radius 3 is 2.58 bits per heavy atom. The van der Waals surface area contributed by atoms with Gasteiger partial charge in [-0.1, -0.05) is 0 Å². The molecule has 2 N–H and O–H groups in total. The van der Waals surface area contributed by atoms with E-state index in [1.165, 1.54) is 0 Å². The summed E-state index contributed by atoms with van der Waals surface area (Å²) in [6.07, 6.45) is 4.01. The van der Waals surface area contributed by atoms with Gasteiger partial charge in [0.15, 0.2) is 0 Å². The lowest BCUT2D eigenvalue weighted by Crippen LogP contribution is -2.46. The van der Waals surface area contributed by atoms with Crippen LogP contribution in [0, 0.1) is 11.3 Å². The molecule has 2 saturated heterocycles. The van der Waals surface area contributed by atoms with Gasteiger partial charge in [-0.05, 0) is 51.6 Å². The smallest absolute Gasteiger partial charge is 0.309 e. The Labute approximate surface area is 114 Å². The summed E-state index contributed by atoms with van der Waals surface area (Å²) in [5, 5.41) is 12.5. The lowest BCUT2D eigenvalue weighted by molar-refractivity contribution is -0.153. The molecule has 5 heteroatoms. The highest BCUT2D eigenvalue weighted by molar-refractivity contribution is 5.78. The Hall–Kier alpha value is -1.10. The molecule has 2 aliphatic heterocycles. The summed E-state index contributed by atoms with van der Waals surface area (Å²) in [7, 11) is 0. The predicted molar refractivity (Wildman–Crippen MR) is 71.8 cm³/mol. The molecule has 1 amide bonds. The molecule has 0 spiro atoms. The van der Waals surface area contributed by atoms with Crippen LogP contribution < -0.4 is 5.32 Å². The zero-order chi connectivity index (χ0) is 13.9. The van der Waals surface area contributed by atoms with Crippen LogP contribution >= 0.6 is 0 Å². The number of hydrogen-bond donors (Lipinski definition) is 2. The second-order valence-electron chi connectivity index (χ2n) is 6.16. The highest BCUT2D eigenvalue weighted by Crippen LogP contribution is 2.31.